The highest BCUT2D eigenvalue weighted by Gasteiger charge is 2.17. The van der Waals surface area contributed by atoms with Crippen molar-refractivity contribution in [2.75, 3.05) is 6.67 Å². The van der Waals surface area contributed by atoms with Crippen LogP contribution in [0.3, 0.4) is 0 Å². The van der Waals surface area contributed by atoms with Crippen LogP contribution < -0.4 is 0 Å². The first-order chi connectivity index (χ1) is 6.41. The van der Waals surface area contributed by atoms with Crippen molar-refractivity contribution in [2.45, 2.75) is 47.5 Å². The van der Waals surface area contributed by atoms with Crippen LogP contribution in [0.1, 0.15) is 47.5 Å². The van der Waals surface area contributed by atoms with Gasteiger partial charge in [-0.3, -0.25) is 4.39 Å². The van der Waals surface area contributed by atoms with E-state index in [0.29, 0.717) is 0 Å². The first-order valence-corrected chi connectivity index (χ1v) is 5.30. The first-order valence-electron chi connectivity index (χ1n) is 5.30. The molecule has 0 amide bonds. The van der Waals surface area contributed by atoms with Crippen LogP contribution in [0, 0.1) is 5.41 Å². The second-order valence-corrected chi connectivity index (χ2v) is 4.85. The molecule has 0 radical (unpaired) electrons. The van der Waals surface area contributed by atoms with Crippen molar-refractivity contribution in [3.8, 4) is 0 Å². The number of hydrogen-bond acceptors (Lipinski definition) is 0. The maximum atomic E-state index is 12.6. The second-order valence-electron chi connectivity index (χ2n) is 4.85. The largest absolute Gasteiger partial charge is 0.251 e. The topological polar surface area (TPSA) is 0 Å². The van der Waals surface area contributed by atoms with Crippen LogP contribution in [0.5, 0.6) is 0 Å². The van der Waals surface area contributed by atoms with E-state index in [0.717, 1.165) is 12.8 Å². The summed E-state index contributed by atoms with van der Waals surface area (Å²) < 4.78 is 12.6. The number of alkyl halides is 1. The molecule has 0 N–H and O–H groups in total. The standard InChI is InChI=1S/C13H23F/c1-6-11(2)7-8-12(3)9-13(4,5)10-14/h7-8H,6,9-10H2,1-5H3/b11-7+,12-8-. The molecule has 0 saturated heterocycles. The summed E-state index contributed by atoms with van der Waals surface area (Å²) in [6.07, 6.45) is 6.15. The van der Waals surface area contributed by atoms with Gasteiger partial charge in [0.15, 0.2) is 0 Å². The summed E-state index contributed by atoms with van der Waals surface area (Å²) in [5, 5.41) is 0. The van der Waals surface area contributed by atoms with Gasteiger partial charge in [-0.1, -0.05) is 44.1 Å². The van der Waals surface area contributed by atoms with Crippen LogP contribution >= 0.6 is 0 Å². The Balaban J connectivity index is 4.27. The summed E-state index contributed by atoms with van der Waals surface area (Å²) >= 11 is 0. The number of allylic oxidation sites excluding steroid dienone is 4. The lowest BCUT2D eigenvalue weighted by Gasteiger charge is -2.20. The van der Waals surface area contributed by atoms with Gasteiger partial charge in [0, 0.05) is 0 Å². The van der Waals surface area contributed by atoms with Gasteiger partial charge in [0.1, 0.15) is 0 Å². The van der Waals surface area contributed by atoms with E-state index in [-0.39, 0.29) is 12.1 Å². The van der Waals surface area contributed by atoms with Crippen molar-refractivity contribution in [3.05, 3.63) is 23.3 Å². The van der Waals surface area contributed by atoms with E-state index in [4.69, 9.17) is 0 Å². The Hall–Kier alpha value is -0.590. The van der Waals surface area contributed by atoms with Crippen LogP contribution in [0.15, 0.2) is 23.3 Å². The first kappa shape index (κ1) is 13.4. The van der Waals surface area contributed by atoms with E-state index in [2.05, 4.69) is 32.9 Å². The Morgan fingerprint density at radius 1 is 1.14 bits per heavy atom. The quantitative estimate of drug-likeness (QED) is 0.563. The van der Waals surface area contributed by atoms with Gasteiger partial charge in [0.25, 0.3) is 0 Å². The van der Waals surface area contributed by atoms with Crippen molar-refractivity contribution in [1.82, 2.24) is 0 Å². The molecule has 0 aromatic heterocycles. The van der Waals surface area contributed by atoms with Crippen molar-refractivity contribution in [3.63, 3.8) is 0 Å². The molecular weight excluding hydrogens is 175 g/mol. The van der Waals surface area contributed by atoms with E-state index in [1.807, 2.05) is 13.8 Å². The minimum Gasteiger partial charge on any atom is -0.251 e. The summed E-state index contributed by atoms with van der Waals surface area (Å²) in [4.78, 5) is 0. The third kappa shape index (κ3) is 5.95. The summed E-state index contributed by atoms with van der Waals surface area (Å²) in [5.74, 6) is 0. The zero-order valence-electron chi connectivity index (χ0n) is 10.2. The van der Waals surface area contributed by atoms with Crippen molar-refractivity contribution in [1.29, 1.82) is 0 Å². The van der Waals surface area contributed by atoms with Gasteiger partial charge in [-0.05, 0) is 32.1 Å². The van der Waals surface area contributed by atoms with Gasteiger partial charge in [-0.2, -0.15) is 0 Å². The number of halogens is 1. The van der Waals surface area contributed by atoms with Gasteiger partial charge < -0.3 is 0 Å². The molecule has 1 heteroatoms. The zero-order chi connectivity index (χ0) is 11.2. The van der Waals surface area contributed by atoms with Crippen molar-refractivity contribution < 1.29 is 4.39 Å². The Bertz CT molecular complexity index is 221. The van der Waals surface area contributed by atoms with E-state index in [9.17, 15) is 4.39 Å². The van der Waals surface area contributed by atoms with Gasteiger partial charge in [-0.25, -0.2) is 0 Å². The Morgan fingerprint density at radius 3 is 2.07 bits per heavy atom. The SMILES string of the molecule is CC/C(C)=C/C=C(/C)CC(C)(C)CF. The molecule has 0 bridgehead atoms. The molecular formula is C13H23F. The maximum absolute atomic E-state index is 12.6. The highest BCUT2D eigenvalue weighted by atomic mass is 19.1. The van der Waals surface area contributed by atoms with Gasteiger partial charge in [0.05, 0.1) is 6.67 Å². The van der Waals surface area contributed by atoms with E-state index in [1.54, 1.807) is 0 Å². The smallest absolute Gasteiger partial charge is 0.0948 e. The molecule has 0 saturated carbocycles. The highest BCUT2D eigenvalue weighted by Crippen LogP contribution is 2.25. The molecule has 0 aromatic rings. The zero-order valence-corrected chi connectivity index (χ0v) is 10.2. The van der Waals surface area contributed by atoms with Gasteiger partial charge in [-0.15, -0.1) is 0 Å². The van der Waals surface area contributed by atoms with Crippen LogP contribution in [0.4, 0.5) is 4.39 Å². The molecule has 0 aliphatic rings. The Morgan fingerprint density at radius 2 is 1.64 bits per heavy atom. The molecule has 0 aliphatic carbocycles. The van der Waals surface area contributed by atoms with Crippen LogP contribution in [0.2, 0.25) is 0 Å². The van der Waals surface area contributed by atoms with E-state index in [1.165, 1.54) is 11.1 Å². The molecule has 14 heavy (non-hydrogen) atoms. The van der Waals surface area contributed by atoms with Crippen LogP contribution in [0.25, 0.3) is 0 Å². The Kier molecular flexibility index (Phi) is 5.75. The lowest BCUT2D eigenvalue weighted by molar-refractivity contribution is 0.256. The van der Waals surface area contributed by atoms with Crippen LogP contribution in [-0.2, 0) is 0 Å². The second kappa shape index (κ2) is 6.00. The molecule has 0 nitrogen and oxygen atoms in total. The molecule has 0 atom stereocenters. The molecule has 0 spiro atoms. The number of rotatable bonds is 5. The monoisotopic (exact) mass is 198 g/mol. The molecule has 0 unspecified atom stereocenters. The average molecular weight is 198 g/mol. The summed E-state index contributed by atoms with van der Waals surface area (Å²) in [6, 6.07) is 0. The lowest BCUT2D eigenvalue weighted by atomic mass is 9.87. The molecule has 0 aromatic carbocycles. The molecule has 0 fully saturated rings. The van der Waals surface area contributed by atoms with Gasteiger partial charge >= 0.3 is 0 Å². The Labute approximate surface area is 87.9 Å². The third-order valence-corrected chi connectivity index (χ3v) is 2.33. The summed E-state index contributed by atoms with van der Waals surface area (Å²) in [5.41, 5.74) is 2.40. The normalized spacial score (nSPS) is 14.7. The number of hydrogen-bond donors (Lipinski definition) is 0. The maximum Gasteiger partial charge on any atom is 0.0948 e. The molecule has 0 rings (SSSR count). The minimum absolute atomic E-state index is 0.214. The summed E-state index contributed by atoms with van der Waals surface area (Å²) in [7, 11) is 0. The fourth-order valence-corrected chi connectivity index (χ4v) is 1.26. The minimum atomic E-state index is -0.255. The lowest BCUT2D eigenvalue weighted by Crippen LogP contribution is -2.13. The highest BCUT2D eigenvalue weighted by molar-refractivity contribution is 5.16. The predicted molar refractivity (Wildman–Crippen MR) is 62.2 cm³/mol. The molecule has 0 aliphatic heterocycles. The van der Waals surface area contributed by atoms with Gasteiger partial charge in [0.2, 0.25) is 0 Å². The molecule has 82 valence electrons. The van der Waals surface area contributed by atoms with E-state index < -0.39 is 0 Å². The van der Waals surface area contributed by atoms with Crippen molar-refractivity contribution >= 4 is 0 Å². The summed E-state index contributed by atoms with van der Waals surface area (Å²) in [6.45, 7) is 9.98. The van der Waals surface area contributed by atoms with Crippen LogP contribution in [-0.4, -0.2) is 6.67 Å². The average Bonchev–Trinajstić information content (AvgIpc) is 2.13. The predicted octanol–water partition coefficient (Wildman–Crippen LogP) is 4.67. The molecule has 0 heterocycles. The fraction of sp³-hybridized carbons (Fsp3) is 0.692. The third-order valence-electron chi connectivity index (χ3n) is 2.33. The fourth-order valence-electron chi connectivity index (χ4n) is 1.26. The van der Waals surface area contributed by atoms with Crippen molar-refractivity contribution in [2.24, 2.45) is 5.41 Å². The van der Waals surface area contributed by atoms with E-state index >= 15 is 0 Å².